The highest BCUT2D eigenvalue weighted by Gasteiger charge is 2.21. The van der Waals surface area contributed by atoms with E-state index in [4.69, 9.17) is 0 Å². The Kier molecular flexibility index (Phi) is 6.83. The lowest BCUT2D eigenvalue weighted by Gasteiger charge is -2.18. The van der Waals surface area contributed by atoms with E-state index in [2.05, 4.69) is 10.6 Å². The SMILES string of the molecule is CCN(CC)S(=O)(=O)c1ccc(NC(=O)NCC(C)C)cc1. The lowest BCUT2D eigenvalue weighted by molar-refractivity contribution is 0.251. The molecule has 0 aliphatic heterocycles. The first-order valence-corrected chi connectivity index (χ1v) is 8.90. The van der Waals surface area contributed by atoms with Gasteiger partial charge in [-0.2, -0.15) is 4.31 Å². The lowest BCUT2D eigenvalue weighted by Crippen LogP contribution is -2.32. The van der Waals surface area contributed by atoms with Crippen molar-refractivity contribution in [2.45, 2.75) is 32.6 Å². The molecule has 6 nitrogen and oxygen atoms in total. The number of hydrogen-bond donors (Lipinski definition) is 2. The summed E-state index contributed by atoms with van der Waals surface area (Å²) in [4.78, 5) is 11.9. The molecule has 0 spiro atoms. The van der Waals surface area contributed by atoms with Crippen LogP contribution >= 0.6 is 0 Å². The molecule has 1 aromatic carbocycles. The molecule has 0 aliphatic carbocycles. The summed E-state index contributed by atoms with van der Waals surface area (Å²) in [7, 11) is -3.46. The smallest absolute Gasteiger partial charge is 0.319 e. The molecule has 2 N–H and O–H groups in total. The highest BCUT2D eigenvalue weighted by Crippen LogP contribution is 2.18. The maximum Gasteiger partial charge on any atom is 0.319 e. The summed E-state index contributed by atoms with van der Waals surface area (Å²) in [6.07, 6.45) is 0. The van der Waals surface area contributed by atoms with Gasteiger partial charge in [-0.1, -0.05) is 27.7 Å². The molecule has 0 fully saturated rings. The number of nitrogens with zero attached hydrogens (tertiary/aromatic N) is 1. The van der Waals surface area contributed by atoms with Gasteiger partial charge in [-0.3, -0.25) is 0 Å². The summed E-state index contributed by atoms with van der Waals surface area (Å²) in [5.74, 6) is 0.368. The minimum Gasteiger partial charge on any atom is -0.338 e. The first-order valence-electron chi connectivity index (χ1n) is 7.46. The van der Waals surface area contributed by atoms with Gasteiger partial charge in [0.05, 0.1) is 4.90 Å². The monoisotopic (exact) mass is 327 g/mol. The third kappa shape index (κ3) is 4.99. The third-order valence-electron chi connectivity index (χ3n) is 3.13. The van der Waals surface area contributed by atoms with Gasteiger partial charge in [-0.15, -0.1) is 0 Å². The summed E-state index contributed by atoms with van der Waals surface area (Å²) < 4.78 is 26.1. The second-order valence-corrected chi connectivity index (χ2v) is 7.28. The van der Waals surface area contributed by atoms with E-state index in [1.54, 1.807) is 26.0 Å². The average Bonchev–Trinajstić information content (AvgIpc) is 2.46. The van der Waals surface area contributed by atoms with E-state index in [0.717, 1.165) is 0 Å². The maximum absolute atomic E-state index is 12.3. The molecule has 0 unspecified atom stereocenters. The van der Waals surface area contributed by atoms with E-state index in [0.29, 0.717) is 31.2 Å². The van der Waals surface area contributed by atoms with Crippen molar-refractivity contribution in [3.05, 3.63) is 24.3 Å². The highest BCUT2D eigenvalue weighted by molar-refractivity contribution is 7.89. The molecule has 0 saturated carbocycles. The van der Waals surface area contributed by atoms with E-state index in [1.165, 1.54) is 16.4 Å². The molecule has 124 valence electrons. The predicted molar refractivity (Wildman–Crippen MR) is 88.4 cm³/mol. The van der Waals surface area contributed by atoms with Crippen molar-refractivity contribution in [1.29, 1.82) is 0 Å². The van der Waals surface area contributed by atoms with Crippen LogP contribution in [0.5, 0.6) is 0 Å². The number of hydrogen-bond acceptors (Lipinski definition) is 3. The van der Waals surface area contributed by atoms with Crippen molar-refractivity contribution in [2.75, 3.05) is 25.0 Å². The van der Waals surface area contributed by atoms with Crippen molar-refractivity contribution < 1.29 is 13.2 Å². The summed E-state index contributed by atoms with van der Waals surface area (Å²) in [6.45, 7) is 9.06. The fraction of sp³-hybridized carbons (Fsp3) is 0.533. The largest absolute Gasteiger partial charge is 0.338 e. The molecular formula is C15H25N3O3S. The zero-order chi connectivity index (χ0) is 16.8. The Balaban J connectivity index is 2.77. The summed E-state index contributed by atoms with van der Waals surface area (Å²) in [5.41, 5.74) is 0.555. The number of amides is 2. The van der Waals surface area contributed by atoms with E-state index in [1.807, 2.05) is 13.8 Å². The van der Waals surface area contributed by atoms with Crippen LogP contribution in [0.25, 0.3) is 0 Å². The first kappa shape index (κ1) is 18.4. The van der Waals surface area contributed by atoms with Crippen LogP contribution in [-0.4, -0.2) is 38.4 Å². The van der Waals surface area contributed by atoms with Crippen molar-refractivity contribution in [3.8, 4) is 0 Å². The van der Waals surface area contributed by atoms with Crippen molar-refractivity contribution in [3.63, 3.8) is 0 Å². The molecule has 0 radical (unpaired) electrons. The molecule has 7 heteroatoms. The van der Waals surface area contributed by atoms with Gasteiger partial charge in [0.1, 0.15) is 0 Å². The van der Waals surface area contributed by atoms with Crippen LogP contribution in [0.2, 0.25) is 0 Å². The van der Waals surface area contributed by atoms with Gasteiger partial charge in [-0.25, -0.2) is 13.2 Å². The number of rotatable bonds is 7. The fourth-order valence-electron chi connectivity index (χ4n) is 1.89. The summed E-state index contributed by atoms with van der Waals surface area (Å²) >= 11 is 0. The van der Waals surface area contributed by atoms with Gasteiger partial charge in [0, 0.05) is 25.3 Å². The lowest BCUT2D eigenvalue weighted by atomic mass is 10.2. The number of nitrogens with one attached hydrogen (secondary N) is 2. The number of carbonyl (C=O) groups is 1. The Hall–Kier alpha value is -1.60. The molecule has 0 aromatic heterocycles. The molecule has 0 bridgehead atoms. The van der Waals surface area contributed by atoms with Crippen LogP contribution < -0.4 is 10.6 Å². The highest BCUT2D eigenvalue weighted by atomic mass is 32.2. The normalized spacial score (nSPS) is 11.7. The van der Waals surface area contributed by atoms with Crippen LogP contribution in [0.1, 0.15) is 27.7 Å². The molecule has 0 saturated heterocycles. The van der Waals surface area contributed by atoms with Crippen LogP contribution in [0, 0.1) is 5.92 Å². The molecular weight excluding hydrogens is 302 g/mol. The van der Waals surface area contributed by atoms with E-state index in [9.17, 15) is 13.2 Å². The molecule has 22 heavy (non-hydrogen) atoms. The van der Waals surface area contributed by atoms with Crippen molar-refractivity contribution in [2.24, 2.45) is 5.92 Å². The van der Waals surface area contributed by atoms with Gasteiger partial charge >= 0.3 is 6.03 Å². The zero-order valence-corrected chi connectivity index (χ0v) is 14.4. The van der Waals surface area contributed by atoms with Crippen molar-refractivity contribution in [1.82, 2.24) is 9.62 Å². The number of urea groups is 1. The summed E-state index contributed by atoms with van der Waals surface area (Å²) in [6, 6.07) is 5.89. The average molecular weight is 327 g/mol. The number of anilines is 1. The van der Waals surface area contributed by atoms with Gasteiger partial charge in [-0.05, 0) is 30.2 Å². The van der Waals surface area contributed by atoms with Crippen LogP contribution in [0.4, 0.5) is 10.5 Å². The van der Waals surface area contributed by atoms with E-state index in [-0.39, 0.29) is 10.9 Å². The van der Waals surface area contributed by atoms with Gasteiger partial charge < -0.3 is 10.6 Å². The standard InChI is InChI=1S/C15H25N3O3S/c1-5-18(6-2)22(20,21)14-9-7-13(8-10-14)17-15(19)16-11-12(3)4/h7-10,12H,5-6,11H2,1-4H3,(H2,16,17,19). The van der Waals surface area contributed by atoms with E-state index < -0.39 is 10.0 Å². The Bertz CT molecular complexity index is 579. The second-order valence-electron chi connectivity index (χ2n) is 5.34. The Labute approximate surface area is 132 Å². The van der Waals surface area contributed by atoms with Gasteiger partial charge in [0.15, 0.2) is 0 Å². The Morgan fingerprint density at radius 2 is 1.68 bits per heavy atom. The molecule has 0 atom stereocenters. The Morgan fingerprint density at radius 1 is 1.14 bits per heavy atom. The van der Waals surface area contributed by atoms with Gasteiger partial charge in [0.2, 0.25) is 10.0 Å². The van der Waals surface area contributed by atoms with Crippen LogP contribution in [0.15, 0.2) is 29.2 Å². The molecule has 2 amide bonds. The first-order chi connectivity index (χ1) is 10.3. The molecule has 0 heterocycles. The number of sulfonamides is 1. The third-order valence-corrected chi connectivity index (χ3v) is 5.19. The van der Waals surface area contributed by atoms with Crippen molar-refractivity contribution >= 4 is 21.7 Å². The zero-order valence-electron chi connectivity index (χ0n) is 13.6. The molecule has 0 aliphatic rings. The van der Waals surface area contributed by atoms with Crippen LogP contribution in [0.3, 0.4) is 0 Å². The quantitative estimate of drug-likeness (QED) is 0.807. The van der Waals surface area contributed by atoms with E-state index >= 15 is 0 Å². The van der Waals surface area contributed by atoms with Crippen LogP contribution in [-0.2, 0) is 10.0 Å². The summed E-state index contributed by atoms with van der Waals surface area (Å²) in [5, 5.41) is 5.41. The minimum absolute atomic E-state index is 0.226. The predicted octanol–water partition coefficient (Wildman–Crippen LogP) is 2.49. The van der Waals surface area contributed by atoms with Gasteiger partial charge in [0.25, 0.3) is 0 Å². The molecule has 1 rings (SSSR count). The molecule has 1 aromatic rings. The number of benzene rings is 1. The topological polar surface area (TPSA) is 78.5 Å². The maximum atomic E-state index is 12.3. The minimum atomic E-state index is -3.46. The Morgan fingerprint density at radius 3 is 2.14 bits per heavy atom. The number of carbonyl (C=O) groups excluding carboxylic acids is 1. The second kappa shape index (κ2) is 8.14. The fourth-order valence-corrected chi connectivity index (χ4v) is 3.35.